The number of anilines is 2. The molecule has 0 unspecified atom stereocenters. The Morgan fingerprint density at radius 3 is 2.73 bits per heavy atom. The highest BCUT2D eigenvalue weighted by Crippen LogP contribution is 2.24. The summed E-state index contributed by atoms with van der Waals surface area (Å²) >= 11 is 5.44. The van der Waals surface area contributed by atoms with Crippen molar-refractivity contribution in [1.82, 2.24) is 10.3 Å². The molecule has 1 aromatic carbocycles. The number of benzene rings is 1. The Hall–Kier alpha value is -2.14. The number of hydrogen-bond donors (Lipinski definition) is 2. The Kier molecular flexibility index (Phi) is 6.09. The van der Waals surface area contributed by atoms with Gasteiger partial charge in [0.25, 0.3) is 0 Å². The molecule has 3 rings (SSSR count). The fourth-order valence-corrected chi connectivity index (χ4v) is 3.71. The number of nitrogens with one attached hydrogen (secondary N) is 2. The number of pyridine rings is 1. The van der Waals surface area contributed by atoms with Crippen LogP contribution in [-0.4, -0.2) is 23.2 Å². The minimum Gasteiger partial charge on any atom is -0.371 e. The molecule has 2 N–H and O–H groups in total. The van der Waals surface area contributed by atoms with Gasteiger partial charge >= 0.3 is 0 Å². The van der Waals surface area contributed by atoms with E-state index in [4.69, 9.17) is 12.2 Å². The lowest BCUT2D eigenvalue weighted by Crippen LogP contribution is -2.34. The molecule has 0 radical (unpaired) electrons. The topological polar surface area (TPSA) is 40.2 Å². The Labute approximate surface area is 162 Å². The van der Waals surface area contributed by atoms with Gasteiger partial charge in [-0.2, -0.15) is 0 Å². The third-order valence-electron chi connectivity index (χ3n) is 5.00. The summed E-state index contributed by atoms with van der Waals surface area (Å²) < 4.78 is 0. The van der Waals surface area contributed by atoms with Gasteiger partial charge in [-0.15, -0.1) is 0 Å². The molecule has 1 aromatic heterocycles. The van der Waals surface area contributed by atoms with Gasteiger partial charge in [0.1, 0.15) is 5.82 Å². The minimum absolute atomic E-state index is 0.133. The first kappa shape index (κ1) is 18.6. The number of hydrogen-bond acceptors (Lipinski definition) is 3. The second-order valence-corrected chi connectivity index (χ2v) is 7.68. The quantitative estimate of drug-likeness (QED) is 0.767. The third-order valence-corrected chi connectivity index (χ3v) is 5.22. The van der Waals surface area contributed by atoms with Gasteiger partial charge in [0.05, 0.1) is 6.04 Å². The highest BCUT2D eigenvalue weighted by Gasteiger charge is 2.17. The number of thiocarbonyl (C=S) groups is 1. The van der Waals surface area contributed by atoms with E-state index in [0.717, 1.165) is 30.4 Å². The number of aromatic nitrogens is 1. The van der Waals surface area contributed by atoms with Crippen molar-refractivity contribution in [2.75, 3.05) is 23.3 Å². The number of nitrogens with zero attached hydrogens (tertiary/aromatic N) is 2. The van der Waals surface area contributed by atoms with Crippen LogP contribution in [0.3, 0.4) is 0 Å². The molecule has 2 heterocycles. The molecule has 1 saturated heterocycles. The van der Waals surface area contributed by atoms with Crippen molar-refractivity contribution in [2.45, 2.75) is 39.7 Å². The lowest BCUT2D eigenvalue weighted by molar-refractivity contribution is 0.447. The van der Waals surface area contributed by atoms with Gasteiger partial charge in [-0.25, -0.2) is 4.98 Å². The molecule has 0 amide bonds. The SMILES string of the molecule is Cc1cccnc1NC(=S)N[C@H](C)c1ccc(N2CCC[C@@H](C)C2)cc1. The zero-order chi connectivity index (χ0) is 18.5. The van der Waals surface area contributed by atoms with Gasteiger partial charge < -0.3 is 15.5 Å². The van der Waals surface area contributed by atoms with Crippen LogP contribution in [0.5, 0.6) is 0 Å². The first-order valence-corrected chi connectivity index (χ1v) is 9.78. The predicted molar refractivity (Wildman–Crippen MR) is 114 cm³/mol. The maximum absolute atomic E-state index is 5.44. The van der Waals surface area contributed by atoms with E-state index in [1.807, 2.05) is 19.1 Å². The first-order valence-electron chi connectivity index (χ1n) is 9.37. The highest BCUT2D eigenvalue weighted by molar-refractivity contribution is 7.80. The molecule has 0 spiro atoms. The van der Waals surface area contributed by atoms with Crippen LogP contribution in [0.2, 0.25) is 0 Å². The zero-order valence-corrected chi connectivity index (χ0v) is 16.6. The summed E-state index contributed by atoms with van der Waals surface area (Å²) in [7, 11) is 0. The van der Waals surface area contributed by atoms with Gasteiger partial charge in [0, 0.05) is 25.0 Å². The fourth-order valence-electron chi connectivity index (χ4n) is 3.44. The fraction of sp³-hybridized carbons (Fsp3) is 0.429. The van der Waals surface area contributed by atoms with Crippen LogP contribution in [0.15, 0.2) is 42.6 Å². The molecule has 0 aliphatic carbocycles. The van der Waals surface area contributed by atoms with Crippen LogP contribution < -0.4 is 15.5 Å². The lowest BCUT2D eigenvalue weighted by Gasteiger charge is -2.33. The standard InChI is InChI=1S/C21H28N4S/c1-15-6-5-13-25(14-15)19-10-8-18(9-11-19)17(3)23-21(26)24-20-16(2)7-4-12-22-20/h4,7-12,15,17H,5-6,13-14H2,1-3H3,(H2,22,23,24,26)/t15-,17-/m1/s1. The van der Waals surface area contributed by atoms with Gasteiger partial charge in [-0.3, -0.25) is 0 Å². The monoisotopic (exact) mass is 368 g/mol. The summed E-state index contributed by atoms with van der Waals surface area (Å²) in [6.45, 7) is 8.79. The number of aryl methyl sites for hydroxylation is 1. The minimum atomic E-state index is 0.133. The van der Waals surface area contributed by atoms with E-state index in [2.05, 4.69) is 58.6 Å². The molecular weight excluding hydrogens is 340 g/mol. The first-order chi connectivity index (χ1) is 12.5. The van der Waals surface area contributed by atoms with Crippen molar-refractivity contribution in [1.29, 1.82) is 0 Å². The average Bonchev–Trinajstić information content (AvgIpc) is 2.64. The molecule has 26 heavy (non-hydrogen) atoms. The molecule has 1 aliphatic rings. The highest BCUT2D eigenvalue weighted by atomic mass is 32.1. The van der Waals surface area contributed by atoms with Crippen molar-refractivity contribution >= 4 is 28.8 Å². The molecule has 4 nitrogen and oxygen atoms in total. The normalized spacial score (nSPS) is 18.3. The van der Waals surface area contributed by atoms with E-state index in [-0.39, 0.29) is 6.04 Å². The molecular formula is C21H28N4S. The Balaban J connectivity index is 1.58. The van der Waals surface area contributed by atoms with Gasteiger partial charge in [0.15, 0.2) is 5.11 Å². The summed E-state index contributed by atoms with van der Waals surface area (Å²) in [5.74, 6) is 1.58. The number of rotatable bonds is 4. The van der Waals surface area contributed by atoms with Crippen molar-refractivity contribution in [3.8, 4) is 0 Å². The molecule has 5 heteroatoms. The second-order valence-electron chi connectivity index (χ2n) is 7.27. The maximum atomic E-state index is 5.44. The van der Waals surface area contributed by atoms with E-state index in [0.29, 0.717) is 5.11 Å². The smallest absolute Gasteiger partial charge is 0.172 e. The molecule has 1 aliphatic heterocycles. The van der Waals surface area contributed by atoms with E-state index in [1.54, 1.807) is 6.20 Å². The van der Waals surface area contributed by atoms with Gasteiger partial charge in [-0.1, -0.05) is 25.1 Å². The second kappa shape index (κ2) is 8.49. The van der Waals surface area contributed by atoms with Gasteiger partial charge in [-0.05, 0) is 74.2 Å². The van der Waals surface area contributed by atoms with Crippen LogP contribution in [0.4, 0.5) is 11.5 Å². The Morgan fingerprint density at radius 2 is 2.04 bits per heavy atom. The van der Waals surface area contributed by atoms with E-state index >= 15 is 0 Å². The Morgan fingerprint density at radius 1 is 1.27 bits per heavy atom. The molecule has 0 saturated carbocycles. The van der Waals surface area contributed by atoms with Gasteiger partial charge in [0.2, 0.25) is 0 Å². The van der Waals surface area contributed by atoms with Crippen LogP contribution in [0, 0.1) is 12.8 Å². The average molecular weight is 369 g/mol. The Bertz CT molecular complexity index is 744. The van der Waals surface area contributed by atoms with Crippen LogP contribution >= 0.6 is 12.2 Å². The summed E-state index contributed by atoms with van der Waals surface area (Å²) in [5, 5.41) is 7.12. The lowest BCUT2D eigenvalue weighted by atomic mass is 9.99. The van der Waals surface area contributed by atoms with Crippen molar-refractivity contribution in [3.63, 3.8) is 0 Å². The maximum Gasteiger partial charge on any atom is 0.172 e. The van der Waals surface area contributed by atoms with Crippen molar-refractivity contribution in [3.05, 3.63) is 53.7 Å². The molecule has 2 atom stereocenters. The van der Waals surface area contributed by atoms with Crippen LogP contribution in [0.25, 0.3) is 0 Å². The summed E-state index contributed by atoms with van der Waals surface area (Å²) in [6, 6.07) is 12.9. The summed E-state index contributed by atoms with van der Waals surface area (Å²) in [4.78, 5) is 6.82. The molecule has 0 bridgehead atoms. The molecule has 2 aromatic rings. The third kappa shape index (κ3) is 4.73. The van der Waals surface area contributed by atoms with Crippen LogP contribution in [0.1, 0.15) is 43.9 Å². The predicted octanol–water partition coefficient (Wildman–Crippen LogP) is 4.67. The summed E-state index contributed by atoms with van der Waals surface area (Å²) in [6.07, 6.45) is 4.39. The summed E-state index contributed by atoms with van der Waals surface area (Å²) in [5.41, 5.74) is 3.61. The molecule has 1 fully saturated rings. The van der Waals surface area contributed by atoms with E-state index < -0.39 is 0 Å². The zero-order valence-electron chi connectivity index (χ0n) is 15.8. The van der Waals surface area contributed by atoms with Crippen molar-refractivity contribution < 1.29 is 0 Å². The van der Waals surface area contributed by atoms with E-state index in [1.165, 1.54) is 24.1 Å². The molecule has 138 valence electrons. The van der Waals surface area contributed by atoms with Crippen molar-refractivity contribution in [2.24, 2.45) is 5.92 Å². The van der Waals surface area contributed by atoms with E-state index in [9.17, 15) is 0 Å². The number of piperidine rings is 1. The largest absolute Gasteiger partial charge is 0.371 e. The van der Waals surface area contributed by atoms with Crippen LogP contribution in [-0.2, 0) is 0 Å².